The van der Waals surface area contributed by atoms with Gasteiger partial charge in [-0.15, -0.1) is 0 Å². The van der Waals surface area contributed by atoms with E-state index in [1.165, 1.54) is 17.7 Å². The SMILES string of the molecule is CC(C)Cc1ccc([C@H](C)C(=O)N2CC(CO)CC(COc3ccc(C(F)(F)F)cc3)C2)cc1. The number of likely N-dealkylation sites (tertiary alicyclic amines) is 1. The third-order valence-corrected chi connectivity index (χ3v) is 6.36. The first-order chi connectivity index (χ1) is 16.1. The van der Waals surface area contributed by atoms with Gasteiger partial charge in [0.1, 0.15) is 5.75 Å². The highest BCUT2D eigenvalue weighted by Crippen LogP contribution is 2.31. The van der Waals surface area contributed by atoms with Gasteiger partial charge in [0.2, 0.25) is 5.91 Å². The fraction of sp³-hybridized carbons (Fsp3) is 0.519. The van der Waals surface area contributed by atoms with Gasteiger partial charge < -0.3 is 14.7 Å². The van der Waals surface area contributed by atoms with Gasteiger partial charge in [-0.2, -0.15) is 13.2 Å². The highest BCUT2D eigenvalue weighted by atomic mass is 19.4. The number of nitrogens with zero attached hydrogens (tertiary/aromatic N) is 1. The summed E-state index contributed by atoms with van der Waals surface area (Å²) in [6.07, 6.45) is -2.70. The minimum Gasteiger partial charge on any atom is -0.493 e. The van der Waals surface area contributed by atoms with E-state index in [2.05, 4.69) is 26.0 Å². The van der Waals surface area contributed by atoms with Crippen molar-refractivity contribution in [2.45, 2.75) is 45.7 Å². The molecule has 0 spiro atoms. The Morgan fingerprint density at radius 2 is 1.65 bits per heavy atom. The normalized spacial score (nSPS) is 19.8. The maximum Gasteiger partial charge on any atom is 0.416 e. The number of halogens is 3. The maximum absolute atomic E-state index is 13.3. The van der Waals surface area contributed by atoms with Crippen LogP contribution in [0.5, 0.6) is 5.75 Å². The van der Waals surface area contributed by atoms with E-state index in [-0.39, 0.29) is 36.9 Å². The van der Waals surface area contributed by atoms with Gasteiger partial charge in [0.15, 0.2) is 0 Å². The average molecular weight is 478 g/mol. The van der Waals surface area contributed by atoms with Crippen LogP contribution in [0.15, 0.2) is 48.5 Å². The summed E-state index contributed by atoms with van der Waals surface area (Å²) in [5.41, 5.74) is 1.49. The number of aliphatic hydroxyl groups is 1. The van der Waals surface area contributed by atoms with E-state index in [4.69, 9.17) is 4.74 Å². The van der Waals surface area contributed by atoms with Gasteiger partial charge >= 0.3 is 6.18 Å². The summed E-state index contributed by atoms with van der Waals surface area (Å²) >= 11 is 0. The first-order valence-corrected chi connectivity index (χ1v) is 11.8. The molecular formula is C27H34F3NO3. The van der Waals surface area contributed by atoms with Gasteiger partial charge in [-0.1, -0.05) is 38.1 Å². The largest absolute Gasteiger partial charge is 0.493 e. The lowest BCUT2D eigenvalue weighted by Gasteiger charge is -2.38. The van der Waals surface area contributed by atoms with Crippen LogP contribution in [0.25, 0.3) is 0 Å². The van der Waals surface area contributed by atoms with Crippen molar-refractivity contribution in [3.63, 3.8) is 0 Å². The number of amides is 1. The lowest BCUT2D eigenvalue weighted by atomic mass is 9.88. The number of rotatable bonds is 8. The molecule has 1 fully saturated rings. The van der Waals surface area contributed by atoms with Crippen LogP contribution in [0.1, 0.15) is 49.8 Å². The molecule has 0 aliphatic carbocycles. The van der Waals surface area contributed by atoms with Gasteiger partial charge in [-0.25, -0.2) is 0 Å². The number of ether oxygens (including phenoxy) is 1. The van der Waals surface area contributed by atoms with Gasteiger partial charge in [-0.3, -0.25) is 4.79 Å². The van der Waals surface area contributed by atoms with E-state index in [1.807, 2.05) is 19.1 Å². The van der Waals surface area contributed by atoms with Gasteiger partial charge in [0.25, 0.3) is 0 Å². The molecule has 1 aliphatic heterocycles. The minimum atomic E-state index is -4.39. The number of aliphatic hydroxyl groups excluding tert-OH is 1. The molecule has 2 aromatic rings. The lowest BCUT2D eigenvalue weighted by Crippen LogP contribution is -2.47. The van der Waals surface area contributed by atoms with Crippen molar-refractivity contribution < 1.29 is 27.8 Å². The third-order valence-electron chi connectivity index (χ3n) is 6.36. The molecule has 0 saturated carbocycles. The molecule has 1 aliphatic rings. The molecular weight excluding hydrogens is 443 g/mol. The predicted molar refractivity (Wildman–Crippen MR) is 126 cm³/mol. The first-order valence-electron chi connectivity index (χ1n) is 11.8. The van der Waals surface area contributed by atoms with Gasteiger partial charge in [-0.05, 0) is 61.1 Å². The van der Waals surface area contributed by atoms with Crippen LogP contribution < -0.4 is 4.74 Å². The molecule has 4 nitrogen and oxygen atoms in total. The number of piperidine rings is 1. The standard InChI is InChI=1S/C27H34F3NO3/c1-18(2)12-20-4-6-23(7-5-20)19(3)26(33)31-14-21(16-32)13-22(15-31)17-34-25-10-8-24(9-11-25)27(28,29)30/h4-11,18-19,21-22,32H,12-17H2,1-3H3/t19-,21?,22?/m0/s1. The van der Waals surface area contributed by atoms with Crippen LogP contribution in [0.3, 0.4) is 0 Å². The van der Waals surface area contributed by atoms with Gasteiger partial charge in [0, 0.05) is 31.5 Å². The topological polar surface area (TPSA) is 49.8 Å². The molecule has 7 heteroatoms. The molecule has 1 N–H and O–H groups in total. The van der Waals surface area contributed by atoms with E-state index in [1.54, 1.807) is 4.90 Å². The fourth-order valence-electron chi connectivity index (χ4n) is 4.54. The molecule has 3 atom stereocenters. The molecule has 186 valence electrons. The zero-order valence-electron chi connectivity index (χ0n) is 20.0. The Kier molecular flexibility index (Phi) is 8.63. The van der Waals surface area contributed by atoms with Crippen molar-refractivity contribution in [2.24, 2.45) is 17.8 Å². The number of hydrogen-bond acceptors (Lipinski definition) is 3. The summed E-state index contributed by atoms with van der Waals surface area (Å²) in [5.74, 6) is 0.552. The second-order valence-electron chi connectivity index (χ2n) is 9.79. The van der Waals surface area contributed by atoms with E-state index in [0.717, 1.165) is 24.1 Å². The summed E-state index contributed by atoms with van der Waals surface area (Å²) in [6, 6.07) is 12.8. The van der Waals surface area contributed by atoms with E-state index in [9.17, 15) is 23.1 Å². The summed E-state index contributed by atoms with van der Waals surface area (Å²) in [6.45, 7) is 7.46. The Labute approximate surface area is 199 Å². The van der Waals surface area contributed by atoms with Crippen molar-refractivity contribution in [1.29, 1.82) is 0 Å². The zero-order valence-corrected chi connectivity index (χ0v) is 20.0. The number of benzene rings is 2. The van der Waals surface area contributed by atoms with Crippen LogP contribution >= 0.6 is 0 Å². The third kappa shape index (κ3) is 6.98. The maximum atomic E-state index is 13.3. The molecule has 1 amide bonds. The second-order valence-corrected chi connectivity index (χ2v) is 9.79. The predicted octanol–water partition coefficient (Wildman–Crippen LogP) is 5.54. The number of alkyl halides is 3. The Bertz CT molecular complexity index is 926. The Balaban J connectivity index is 1.61. The lowest BCUT2D eigenvalue weighted by molar-refractivity contribution is -0.137. The van der Waals surface area contributed by atoms with Crippen molar-refractivity contribution in [2.75, 3.05) is 26.3 Å². The van der Waals surface area contributed by atoms with E-state index in [0.29, 0.717) is 31.2 Å². The molecule has 2 unspecified atom stereocenters. The highest BCUT2D eigenvalue weighted by molar-refractivity contribution is 5.83. The van der Waals surface area contributed by atoms with Crippen molar-refractivity contribution in [3.05, 3.63) is 65.2 Å². The van der Waals surface area contributed by atoms with Gasteiger partial charge in [0.05, 0.1) is 18.1 Å². The average Bonchev–Trinajstić information content (AvgIpc) is 2.81. The Morgan fingerprint density at radius 3 is 2.21 bits per heavy atom. The monoisotopic (exact) mass is 477 g/mol. The number of carbonyl (C=O) groups excluding carboxylic acids is 1. The van der Waals surface area contributed by atoms with Crippen molar-refractivity contribution in [3.8, 4) is 5.75 Å². The molecule has 0 aromatic heterocycles. The molecule has 0 bridgehead atoms. The summed E-state index contributed by atoms with van der Waals surface area (Å²) in [4.78, 5) is 15.1. The van der Waals surface area contributed by atoms with E-state index < -0.39 is 11.7 Å². The number of carbonyl (C=O) groups is 1. The summed E-state index contributed by atoms with van der Waals surface area (Å²) < 4.78 is 44.0. The van der Waals surface area contributed by atoms with Crippen LogP contribution in [0.4, 0.5) is 13.2 Å². The quantitative estimate of drug-likeness (QED) is 0.543. The molecule has 3 rings (SSSR count). The van der Waals surface area contributed by atoms with Crippen molar-refractivity contribution >= 4 is 5.91 Å². The molecule has 2 aromatic carbocycles. The van der Waals surface area contributed by atoms with Crippen LogP contribution in [-0.4, -0.2) is 42.2 Å². The number of hydrogen-bond donors (Lipinski definition) is 1. The van der Waals surface area contributed by atoms with E-state index >= 15 is 0 Å². The fourth-order valence-corrected chi connectivity index (χ4v) is 4.54. The zero-order chi connectivity index (χ0) is 24.9. The minimum absolute atomic E-state index is 0.00860. The summed E-state index contributed by atoms with van der Waals surface area (Å²) in [7, 11) is 0. The smallest absolute Gasteiger partial charge is 0.416 e. The molecule has 1 heterocycles. The molecule has 1 saturated heterocycles. The van der Waals surface area contributed by atoms with Crippen LogP contribution in [0, 0.1) is 17.8 Å². The first kappa shape index (κ1) is 26.1. The Morgan fingerprint density at radius 1 is 1.03 bits per heavy atom. The van der Waals surface area contributed by atoms with Crippen LogP contribution in [-0.2, 0) is 17.4 Å². The van der Waals surface area contributed by atoms with Crippen LogP contribution in [0.2, 0.25) is 0 Å². The molecule has 0 radical (unpaired) electrons. The Hall–Kier alpha value is -2.54. The molecule has 34 heavy (non-hydrogen) atoms. The second kappa shape index (κ2) is 11.3. The summed E-state index contributed by atoms with van der Waals surface area (Å²) in [5, 5.41) is 9.77. The van der Waals surface area contributed by atoms with Crippen molar-refractivity contribution in [1.82, 2.24) is 4.90 Å². The highest BCUT2D eigenvalue weighted by Gasteiger charge is 2.33.